The third kappa shape index (κ3) is 10.5. The van der Waals surface area contributed by atoms with E-state index in [4.69, 9.17) is 4.74 Å². The lowest BCUT2D eigenvalue weighted by Gasteiger charge is -2.33. The summed E-state index contributed by atoms with van der Waals surface area (Å²) in [5, 5.41) is 8.90. The molecule has 3 aliphatic rings. The Morgan fingerprint density at radius 1 is 0.882 bits per heavy atom. The molecule has 0 aromatic heterocycles. The lowest BCUT2D eigenvalue weighted by Crippen LogP contribution is -2.57. The SMILES string of the molecule is CC(C)CC(NC(=O)[C@H](Cc1ccccc1)N1C(=O)C(NC(=O)[C@H](CCc2ccccc2)NC(=O)CN2CCCCC2)CC1C)C(=O)C1(C)CO1. The fourth-order valence-electron chi connectivity index (χ4n) is 7.34. The molecular weight excluding hydrogens is 646 g/mol. The zero-order valence-electron chi connectivity index (χ0n) is 30.6. The zero-order valence-corrected chi connectivity index (χ0v) is 30.6. The van der Waals surface area contributed by atoms with Crippen molar-refractivity contribution in [3.63, 3.8) is 0 Å². The molecule has 0 saturated carbocycles. The van der Waals surface area contributed by atoms with Gasteiger partial charge < -0.3 is 25.6 Å². The molecule has 11 heteroatoms. The number of piperidine rings is 1. The first kappa shape index (κ1) is 38.1. The van der Waals surface area contributed by atoms with E-state index in [-0.39, 0.29) is 42.5 Å². The summed E-state index contributed by atoms with van der Waals surface area (Å²) in [6.45, 7) is 9.85. The molecule has 3 aliphatic heterocycles. The summed E-state index contributed by atoms with van der Waals surface area (Å²) in [6, 6.07) is 15.5. The van der Waals surface area contributed by atoms with Gasteiger partial charge in [0.15, 0.2) is 5.78 Å². The quantitative estimate of drug-likeness (QED) is 0.215. The Morgan fingerprint density at radius 2 is 1.51 bits per heavy atom. The van der Waals surface area contributed by atoms with Gasteiger partial charge in [0.1, 0.15) is 23.7 Å². The molecule has 2 aromatic carbocycles. The van der Waals surface area contributed by atoms with Gasteiger partial charge >= 0.3 is 0 Å². The van der Waals surface area contributed by atoms with E-state index in [9.17, 15) is 24.0 Å². The zero-order chi connectivity index (χ0) is 36.5. The molecule has 0 bridgehead atoms. The largest absolute Gasteiger partial charge is 0.361 e. The molecule has 11 nitrogen and oxygen atoms in total. The van der Waals surface area contributed by atoms with Crippen molar-refractivity contribution < 1.29 is 28.7 Å². The molecule has 2 aromatic rings. The second kappa shape index (κ2) is 17.4. The van der Waals surface area contributed by atoms with E-state index in [1.54, 1.807) is 11.8 Å². The average molecular weight is 702 g/mol. The van der Waals surface area contributed by atoms with Crippen molar-refractivity contribution >= 4 is 29.4 Å². The number of carbonyl (C=O) groups excluding carboxylic acids is 5. The first-order chi connectivity index (χ1) is 24.4. The van der Waals surface area contributed by atoms with Crippen molar-refractivity contribution in [2.45, 2.75) is 115 Å². The van der Waals surface area contributed by atoms with Gasteiger partial charge in [-0.25, -0.2) is 0 Å². The van der Waals surface area contributed by atoms with Gasteiger partial charge in [-0.15, -0.1) is 0 Å². The van der Waals surface area contributed by atoms with Gasteiger partial charge in [0.25, 0.3) is 0 Å². The maximum absolute atomic E-state index is 14.2. The number of amides is 4. The van der Waals surface area contributed by atoms with Crippen LogP contribution in [-0.2, 0) is 41.6 Å². The second-order valence-electron chi connectivity index (χ2n) is 15.2. The lowest BCUT2D eigenvalue weighted by molar-refractivity contribution is -0.142. The van der Waals surface area contributed by atoms with E-state index in [0.29, 0.717) is 32.3 Å². The molecule has 3 fully saturated rings. The van der Waals surface area contributed by atoms with Crippen LogP contribution in [0.5, 0.6) is 0 Å². The maximum Gasteiger partial charge on any atom is 0.246 e. The number of ether oxygens (including phenoxy) is 1. The number of nitrogens with one attached hydrogen (secondary N) is 3. The Labute approximate surface area is 302 Å². The number of carbonyl (C=O) groups is 5. The molecular formula is C40H55N5O6. The maximum atomic E-state index is 14.2. The number of hydrogen-bond acceptors (Lipinski definition) is 7. The minimum Gasteiger partial charge on any atom is -0.361 e. The van der Waals surface area contributed by atoms with Gasteiger partial charge in [-0.05, 0) is 82.5 Å². The third-order valence-electron chi connectivity index (χ3n) is 10.3. The molecule has 4 unspecified atom stereocenters. The molecule has 3 saturated heterocycles. The summed E-state index contributed by atoms with van der Waals surface area (Å²) >= 11 is 0. The highest BCUT2D eigenvalue weighted by atomic mass is 16.6. The van der Waals surface area contributed by atoms with Crippen LogP contribution in [-0.4, -0.2) is 101 Å². The van der Waals surface area contributed by atoms with Crippen LogP contribution in [0.2, 0.25) is 0 Å². The van der Waals surface area contributed by atoms with Crippen molar-refractivity contribution in [2.75, 3.05) is 26.2 Å². The first-order valence-corrected chi connectivity index (χ1v) is 18.6. The molecule has 5 rings (SSSR count). The number of epoxide rings is 1. The molecule has 276 valence electrons. The van der Waals surface area contributed by atoms with Crippen LogP contribution < -0.4 is 16.0 Å². The number of rotatable bonds is 17. The molecule has 0 aliphatic carbocycles. The van der Waals surface area contributed by atoms with Crippen LogP contribution in [0.3, 0.4) is 0 Å². The smallest absolute Gasteiger partial charge is 0.246 e. The van der Waals surface area contributed by atoms with Gasteiger partial charge in [-0.3, -0.25) is 28.9 Å². The van der Waals surface area contributed by atoms with Crippen LogP contribution in [0.4, 0.5) is 0 Å². The number of benzene rings is 2. The molecule has 3 heterocycles. The van der Waals surface area contributed by atoms with E-state index in [0.717, 1.165) is 43.5 Å². The van der Waals surface area contributed by atoms with Crippen LogP contribution in [0.15, 0.2) is 60.7 Å². The Balaban J connectivity index is 1.31. The van der Waals surface area contributed by atoms with Gasteiger partial charge in [-0.1, -0.05) is 80.9 Å². The number of Topliss-reactive ketones (excluding diaryl/α,β-unsaturated/α-hetero) is 1. The highest BCUT2D eigenvalue weighted by molar-refractivity contribution is 5.99. The number of ketones is 1. The predicted octanol–water partition coefficient (Wildman–Crippen LogP) is 3.20. The van der Waals surface area contributed by atoms with Gasteiger partial charge in [0.2, 0.25) is 23.6 Å². The highest BCUT2D eigenvalue weighted by Crippen LogP contribution is 2.30. The third-order valence-corrected chi connectivity index (χ3v) is 10.3. The standard InChI is InChI=1S/C40H55N5O6/c1-27(2)22-32(36(47)40(4)26-51-40)42-38(49)34(24-30-16-10-6-11-17-30)45-28(3)23-33(39(45)50)43-37(48)31(19-18-29-14-8-5-9-15-29)41-35(46)25-44-20-12-7-13-21-44/h5-6,8-11,14-17,27-28,31-34H,7,12-13,18-26H2,1-4H3,(H,41,46)(H,42,49)(H,43,48)/t28?,31-,32?,33?,34-,40?/m0/s1. The topological polar surface area (TPSA) is 140 Å². The van der Waals surface area contributed by atoms with Crippen LogP contribution >= 0.6 is 0 Å². The average Bonchev–Trinajstić information content (AvgIpc) is 3.81. The van der Waals surface area contributed by atoms with Crippen molar-refractivity contribution in [1.29, 1.82) is 0 Å². The van der Waals surface area contributed by atoms with Crippen molar-refractivity contribution in [2.24, 2.45) is 5.92 Å². The number of likely N-dealkylation sites (tertiary alicyclic amines) is 2. The van der Waals surface area contributed by atoms with Crippen molar-refractivity contribution in [3.05, 3.63) is 71.8 Å². The summed E-state index contributed by atoms with van der Waals surface area (Å²) in [5.41, 5.74) is 1.00. The Morgan fingerprint density at radius 3 is 2.12 bits per heavy atom. The van der Waals surface area contributed by atoms with E-state index >= 15 is 0 Å². The normalized spacial score (nSPS) is 23.7. The van der Waals surface area contributed by atoms with E-state index in [1.807, 2.05) is 81.4 Å². The van der Waals surface area contributed by atoms with Crippen LogP contribution in [0, 0.1) is 5.92 Å². The summed E-state index contributed by atoms with van der Waals surface area (Å²) in [5.74, 6) is -1.45. The van der Waals surface area contributed by atoms with Gasteiger partial charge in [0, 0.05) is 12.5 Å². The number of hydrogen-bond donors (Lipinski definition) is 3. The summed E-state index contributed by atoms with van der Waals surface area (Å²) in [4.78, 5) is 72.5. The summed E-state index contributed by atoms with van der Waals surface area (Å²) in [7, 11) is 0. The molecule has 4 amide bonds. The van der Waals surface area contributed by atoms with E-state index in [2.05, 4.69) is 20.9 Å². The molecule has 0 radical (unpaired) electrons. The molecule has 6 atom stereocenters. The van der Waals surface area contributed by atoms with Crippen LogP contribution in [0.25, 0.3) is 0 Å². The first-order valence-electron chi connectivity index (χ1n) is 18.6. The number of aryl methyl sites for hydroxylation is 1. The molecule has 0 spiro atoms. The highest BCUT2D eigenvalue weighted by Gasteiger charge is 2.51. The Bertz CT molecular complexity index is 1510. The Hall–Kier alpha value is -4.09. The molecule has 3 N–H and O–H groups in total. The monoisotopic (exact) mass is 701 g/mol. The van der Waals surface area contributed by atoms with Crippen molar-refractivity contribution in [3.8, 4) is 0 Å². The van der Waals surface area contributed by atoms with E-state index < -0.39 is 41.6 Å². The molecule has 51 heavy (non-hydrogen) atoms. The minimum absolute atomic E-state index is 0.135. The van der Waals surface area contributed by atoms with Crippen molar-refractivity contribution in [1.82, 2.24) is 25.8 Å². The summed E-state index contributed by atoms with van der Waals surface area (Å²) in [6.07, 6.45) is 5.19. The minimum atomic E-state index is -0.912. The summed E-state index contributed by atoms with van der Waals surface area (Å²) < 4.78 is 5.43. The number of nitrogens with zero attached hydrogens (tertiary/aromatic N) is 2. The van der Waals surface area contributed by atoms with E-state index in [1.165, 1.54) is 0 Å². The van der Waals surface area contributed by atoms with Gasteiger partial charge in [-0.2, -0.15) is 0 Å². The fraction of sp³-hybridized carbons (Fsp3) is 0.575. The predicted molar refractivity (Wildman–Crippen MR) is 195 cm³/mol. The lowest BCUT2D eigenvalue weighted by atomic mass is 9.92. The van der Waals surface area contributed by atoms with Crippen LogP contribution in [0.1, 0.15) is 77.3 Å². The van der Waals surface area contributed by atoms with Gasteiger partial charge in [0.05, 0.1) is 19.2 Å². The second-order valence-corrected chi connectivity index (χ2v) is 15.2. The fourth-order valence-corrected chi connectivity index (χ4v) is 7.34. The Kier molecular flexibility index (Phi) is 13.0.